The molecular formula is C24H28N4O4. The van der Waals surface area contributed by atoms with Crippen LogP contribution in [0.5, 0.6) is 11.5 Å². The Bertz CT molecular complexity index is 986. The van der Waals surface area contributed by atoms with Crippen LogP contribution in [0, 0.1) is 0 Å². The molecule has 0 aliphatic carbocycles. The standard InChI is InChI=1S/C24H28N4O4/c25-24(31)22(16-18-5-9-20(29)10-6-18)27-23(30)4-2-1-3-15-32-21-11-7-19(8-12-21)28-14-13-26-17-28/h5-14,17,22,29H,1-4,15-16H2,(H2,25,31)(H,27,30). The van der Waals surface area contributed by atoms with E-state index in [1.54, 1.807) is 24.7 Å². The van der Waals surface area contributed by atoms with E-state index < -0.39 is 11.9 Å². The highest BCUT2D eigenvalue weighted by atomic mass is 16.5. The van der Waals surface area contributed by atoms with Crippen LogP contribution in [-0.4, -0.2) is 39.1 Å². The maximum absolute atomic E-state index is 12.2. The molecule has 1 heterocycles. The minimum absolute atomic E-state index is 0.142. The lowest BCUT2D eigenvalue weighted by atomic mass is 10.0. The summed E-state index contributed by atoms with van der Waals surface area (Å²) in [4.78, 5) is 27.9. The summed E-state index contributed by atoms with van der Waals surface area (Å²) in [6, 6.07) is 13.5. The molecular weight excluding hydrogens is 408 g/mol. The summed E-state index contributed by atoms with van der Waals surface area (Å²) in [6.45, 7) is 0.566. The number of phenols is 1. The van der Waals surface area contributed by atoms with Gasteiger partial charge in [-0.15, -0.1) is 0 Å². The molecule has 2 amide bonds. The van der Waals surface area contributed by atoms with Crippen molar-refractivity contribution in [3.63, 3.8) is 0 Å². The maximum Gasteiger partial charge on any atom is 0.240 e. The quantitative estimate of drug-likeness (QED) is 0.377. The molecule has 0 spiro atoms. The Balaban J connectivity index is 1.32. The maximum atomic E-state index is 12.2. The molecule has 8 heteroatoms. The zero-order valence-electron chi connectivity index (χ0n) is 17.8. The number of aromatic nitrogens is 2. The first kappa shape index (κ1) is 22.9. The minimum atomic E-state index is -0.777. The average Bonchev–Trinajstić information content (AvgIpc) is 3.32. The third kappa shape index (κ3) is 7.16. The number of phenolic OH excluding ortho intramolecular Hbond substituents is 1. The summed E-state index contributed by atoms with van der Waals surface area (Å²) in [5, 5.41) is 12.0. The van der Waals surface area contributed by atoms with E-state index >= 15 is 0 Å². The third-order valence-electron chi connectivity index (χ3n) is 5.01. The number of primary amides is 1. The van der Waals surface area contributed by atoms with Crippen LogP contribution in [0.25, 0.3) is 5.69 Å². The van der Waals surface area contributed by atoms with Gasteiger partial charge in [-0.05, 0) is 61.2 Å². The zero-order valence-corrected chi connectivity index (χ0v) is 17.8. The largest absolute Gasteiger partial charge is 0.508 e. The Hall–Kier alpha value is -3.81. The van der Waals surface area contributed by atoms with Crippen LogP contribution in [0.2, 0.25) is 0 Å². The van der Waals surface area contributed by atoms with Gasteiger partial charge >= 0.3 is 0 Å². The number of nitrogens with one attached hydrogen (secondary N) is 1. The van der Waals surface area contributed by atoms with Gasteiger partial charge in [0, 0.05) is 30.9 Å². The van der Waals surface area contributed by atoms with E-state index in [0.717, 1.165) is 29.8 Å². The number of amides is 2. The van der Waals surface area contributed by atoms with E-state index in [9.17, 15) is 14.7 Å². The average molecular weight is 437 g/mol. The smallest absolute Gasteiger partial charge is 0.240 e. The zero-order chi connectivity index (χ0) is 22.8. The Labute approximate surface area is 187 Å². The minimum Gasteiger partial charge on any atom is -0.508 e. The second-order valence-corrected chi connectivity index (χ2v) is 7.52. The van der Waals surface area contributed by atoms with Crippen molar-refractivity contribution < 1.29 is 19.4 Å². The fourth-order valence-corrected chi connectivity index (χ4v) is 3.24. The molecule has 0 saturated carbocycles. The third-order valence-corrected chi connectivity index (χ3v) is 5.01. The molecule has 0 saturated heterocycles. The molecule has 0 fully saturated rings. The number of hydrogen-bond acceptors (Lipinski definition) is 5. The van der Waals surface area contributed by atoms with Crippen molar-refractivity contribution in [2.24, 2.45) is 5.73 Å². The summed E-state index contributed by atoms with van der Waals surface area (Å²) in [7, 11) is 0. The Kier molecular flexibility index (Phi) is 8.25. The molecule has 0 aliphatic rings. The van der Waals surface area contributed by atoms with Crippen molar-refractivity contribution in [2.75, 3.05) is 6.61 Å². The van der Waals surface area contributed by atoms with Gasteiger partial charge in [-0.2, -0.15) is 0 Å². The SMILES string of the molecule is NC(=O)C(Cc1ccc(O)cc1)NC(=O)CCCCCOc1ccc(-n2ccnc2)cc1. The van der Waals surface area contributed by atoms with Crippen LogP contribution >= 0.6 is 0 Å². The van der Waals surface area contributed by atoms with Crippen molar-refractivity contribution in [1.29, 1.82) is 0 Å². The lowest BCUT2D eigenvalue weighted by Crippen LogP contribution is -2.45. The summed E-state index contributed by atoms with van der Waals surface area (Å²) in [6.07, 6.45) is 8.31. The first-order chi connectivity index (χ1) is 15.5. The summed E-state index contributed by atoms with van der Waals surface area (Å²) >= 11 is 0. The number of carbonyl (C=O) groups excluding carboxylic acids is 2. The number of rotatable bonds is 12. The van der Waals surface area contributed by atoms with Crippen molar-refractivity contribution in [2.45, 2.75) is 38.1 Å². The molecule has 8 nitrogen and oxygen atoms in total. The summed E-state index contributed by atoms with van der Waals surface area (Å²) in [5.74, 6) is 0.150. The van der Waals surface area contributed by atoms with E-state index in [-0.39, 0.29) is 18.1 Å². The number of hydrogen-bond donors (Lipinski definition) is 3. The molecule has 0 aliphatic heterocycles. The predicted octanol–water partition coefficient (Wildman–Crippen LogP) is 2.73. The van der Waals surface area contributed by atoms with Crippen LogP contribution < -0.4 is 15.8 Å². The van der Waals surface area contributed by atoms with Gasteiger partial charge in [0.05, 0.1) is 12.9 Å². The summed E-state index contributed by atoms with van der Waals surface area (Å²) < 4.78 is 7.67. The van der Waals surface area contributed by atoms with Crippen molar-refractivity contribution in [1.82, 2.24) is 14.9 Å². The highest BCUT2D eigenvalue weighted by Gasteiger charge is 2.18. The Morgan fingerprint density at radius 1 is 1.06 bits per heavy atom. The van der Waals surface area contributed by atoms with E-state index in [0.29, 0.717) is 19.4 Å². The number of imidazole rings is 1. The number of nitrogens with two attached hydrogens (primary N) is 1. The second-order valence-electron chi connectivity index (χ2n) is 7.52. The molecule has 1 aromatic heterocycles. The molecule has 3 aromatic rings. The van der Waals surface area contributed by atoms with E-state index in [2.05, 4.69) is 10.3 Å². The fraction of sp³-hybridized carbons (Fsp3) is 0.292. The van der Waals surface area contributed by atoms with Crippen LogP contribution in [0.15, 0.2) is 67.3 Å². The predicted molar refractivity (Wildman–Crippen MR) is 120 cm³/mol. The van der Waals surface area contributed by atoms with Gasteiger partial charge in [-0.1, -0.05) is 12.1 Å². The second kappa shape index (κ2) is 11.5. The van der Waals surface area contributed by atoms with Gasteiger partial charge in [0.15, 0.2) is 0 Å². The number of carbonyl (C=O) groups is 2. The van der Waals surface area contributed by atoms with E-state index in [1.807, 2.05) is 35.0 Å². The molecule has 1 atom stereocenters. The number of nitrogens with zero attached hydrogens (tertiary/aromatic N) is 2. The van der Waals surface area contributed by atoms with Crippen LogP contribution in [0.1, 0.15) is 31.2 Å². The van der Waals surface area contributed by atoms with Crippen LogP contribution in [0.3, 0.4) is 0 Å². The normalized spacial score (nSPS) is 11.6. The number of unbranched alkanes of at least 4 members (excludes halogenated alkanes) is 2. The molecule has 1 unspecified atom stereocenters. The fourth-order valence-electron chi connectivity index (χ4n) is 3.24. The van der Waals surface area contributed by atoms with Crippen molar-refractivity contribution in [3.8, 4) is 17.2 Å². The Morgan fingerprint density at radius 3 is 2.47 bits per heavy atom. The lowest BCUT2D eigenvalue weighted by Gasteiger charge is -2.15. The summed E-state index contributed by atoms with van der Waals surface area (Å²) in [5.41, 5.74) is 7.25. The van der Waals surface area contributed by atoms with Crippen molar-refractivity contribution in [3.05, 3.63) is 72.8 Å². The molecule has 2 aromatic carbocycles. The highest BCUT2D eigenvalue weighted by Crippen LogP contribution is 2.16. The van der Waals surface area contributed by atoms with Gasteiger partial charge < -0.3 is 25.5 Å². The van der Waals surface area contributed by atoms with Gasteiger partial charge in [0.25, 0.3) is 0 Å². The number of aromatic hydroxyl groups is 1. The molecule has 168 valence electrons. The van der Waals surface area contributed by atoms with Gasteiger partial charge in [-0.3, -0.25) is 9.59 Å². The van der Waals surface area contributed by atoms with Crippen LogP contribution in [-0.2, 0) is 16.0 Å². The van der Waals surface area contributed by atoms with Crippen molar-refractivity contribution >= 4 is 11.8 Å². The Morgan fingerprint density at radius 2 is 1.81 bits per heavy atom. The lowest BCUT2D eigenvalue weighted by molar-refractivity contribution is -0.127. The number of benzene rings is 2. The first-order valence-corrected chi connectivity index (χ1v) is 10.6. The molecule has 32 heavy (non-hydrogen) atoms. The molecule has 0 bridgehead atoms. The highest BCUT2D eigenvalue weighted by molar-refractivity contribution is 5.86. The van der Waals surface area contributed by atoms with Crippen LogP contribution in [0.4, 0.5) is 0 Å². The molecule has 0 radical (unpaired) electrons. The molecule has 3 rings (SSSR count). The van der Waals surface area contributed by atoms with E-state index in [4.69, 9.17) is 10.5 Å². The first-order valence-electron chi connectivity index (χ1n) is 10.6. The topological polar surface area (TPSA) is 119 Å². The number of ether oxygens (including phenoxy) is 1. The van der Waals surface area contributed by atoms with Gasteiger partial charge in [0.2, 0.25) is 11.8 Å². The van der Waals surface area contributed by atoms with E-state index in [1.165, 1.54) is 12.1 Å². The monoisotopic (exact) mass is 436 g/mol. The van der Waals surface area contributed by atoms with Gasteiger partial charge in [0.1, 0.15) is 17.5 Å². The molecule has 4 N–H and O–H groups in total. The van der Waals surface area contributed by atoms with Gasteiger partial charge in [-0.25, -0.2) is 4.98 Å².